The average Bonchev–Trinajstić information content (AvgIpc) is 2.34. The van der Waals surface area contributed by atoms with Crippen LogP contribution in [0, 0.1) is 0 Å². The molecule has 1 atom stereocenters. The third kappa shape index (κ3) is 5.00. The SMILES string of the molecule is CCCCCCNC(C(=O)O)c1ccccc1. The van der Waals surface area contributed by atoms with Crippen molar-refractivity contribution in [2.75, 3.05) is 6.54 Å². The van der Waals surface area contributed by atoms with Gasteiger partial charge in [-0.3, -0.25) is 4.79 Å². The fourth-order valence-corrected chi connectivity index (χ4v) is 1.79. The average molecular weight is 235 g/mol. The molecule has 17 heavy (non-hydrogen) atoms. The number of carbonyl (C=O) groups is 1. The van der Waals surface area contributed by atoms with Gasteiger partial charge in [-0.2, -0.15) is 0 Å². The molecule has 2 N–H and O–H groups in total. The van der Waals surface area contributed by atoms with Crippen molar-refractivity contribution in [2.45, 2.75) is 38.6 Å². The van der Waals surface area contributed by atoms with Gasteiger partial charge in [0.05, 0.1) is 0 Å². The van der Waals surface area contributed by atoms with Crippen molar-refractivity contribution in [3.05, 3.63) is 35.9 Å². The highest BCUT2D eigenvalue weighted by Gasteiger charge is 2.17. The summed E-state index contributed by atoms with van der Waals surface area (Å²) in [6.45, 7) is 2.92. The summed E-state index contributed by atoms with van der Waals surface area (Å²) in [6, 6.07) is 8.73. The second-order valence-corrected chi connectivity index (χ2v) is 4.20. The quantitative estimate of drug-likeness (QED) is 0.681. The number of hydrogen-bond acceptors (Lipinski definition) is 2. The van der Waals surface area contributed by atoms with Crippen molar-refractivity contribution >= 4 is 5.97 Å². The van der Waals surface area contributed by atoms with Crippen LogP contribution in [0.2, 0.25) is 0 Å². The lowest BCUT2D eigenvalue weighted by Gasteiger charge is -2.14. The molecule has 0 amide bonds. The van der Waals surface area contributed by atoms with Crippen LogP contribution in [-0.4, -0.2) is 17.6 Å². The predicted octanol–water partition coefficient (Wildman–Crippen LogP) is 2.98. The summed E-state index contributed by atoms with van der Waals surface area (Å²) in [6.07, 6.45) is 4.60. The minimum atomic E-state index is -0.813. The summed E-state index contributed by atoms with van der Waals surface area (Å²) < 4.78 is 0. The maximum atomic E-state index is 11.2. The molecular weight excluding hydrogens is 214 g/mol. The smallest absolute Gasteiger partial charge is 0.325 e. The Bertz CT molecular complexity index is 324. The van der Waals surface area contributed by atoms with Gasteiger partial charge < -0.3 is 10.4 Å². The zero-order valence-corrected chi connectivity index (χ0v) is 10.4. The van der Waals surface area contributed by atoms with Crippen LogP contribution >= 0.6 is 0 Å². The molecule has 0 spiro atoms. The first-order chi connectivity index (χ1) is 8.25. The second kappa shape index (κ2) is 7.85. The molecule has 1 unspecified atom stereocenters. The minimum Gasteiger partial charge on any atom is -0.480 e. The molecule has 3 nitrogen and oxygen atoms in total. The molecule has 0 radical (unpaired) electrons. The lowest BCUT2D eigenvalue weighted by molar-refractivity contribution is -0.139. The lowest BCUT2D eigenvalue weighted by atomic mass is 10.1. The van der Waals surface area contributed by atoms with Crippen molar-refractivity contribution in [3.8, 4) is 0 Å². The summed E-state index contributed by atoms with van der Waals surface area (Å²) in [5, 5.41) is 12.3. The third-order valence-corrected chi connectivity index (χ3v) is 2.76. The molecule has 0 aliphatic carbocycles. The van der Waals surface area contributed by atoms with Crippen LogP contribution in [-0.2, 0) is 4.79 Å². The number of hydrogen-bond donors (Lipinski definition) is 2. The van der Waals surface area contributed by atoms with E-state index < -0.39 is 12.0 Å². The highest BCUT2D eigenvalue weighted by atomic mass is 16.4. The Morgan fingerprint density at radius 1 is 1.24 bits per heavy atom. The normalized spacial score (nSPS) is 12.3. The molecule has 0 saturated carbocycles. The number of carboxylic acids is 1. The van der Waals surface area contributed by atoms with Crippen LogP contribution < -0.4 is 5.32 Å². The van der Waals surface area contributed by atoms with E-state index >= 15 is 0 Å². The number of rotatable bonds is 8. The van der Waals surface area contributed by atoms with E-state index in [4.69, 9.17) is 5.11 Å². The summed E-state index contributed by atoms with van der Waals surface area (Å²) >= 11 is 0. The van der Waals surface area contributed by atoms with Crippen LogP contribution in [0.1, 0.15) is 44.2 Å². The number of unbranched alkanes of at least 4 members (excludes halogenated alkanes) is 3. The predicted molar refractivity (Wildman–Crippen MR) is 69.0 cm³/mol. The molecule has 1 aromatic rings. The maximum Gasteiger partial charge on any atom is 0.325 e. The first-order valence-corrected chi connectivity index (χ1v) is 6.27. The van der Waals surface area contributed by atoms with Crippen LogP contribution in [0.25, 0.3) is 0 Å². The van der Waals surface area contributed by atoms with E-state index in [0.717, 1.165) is 24.9 Å². The minimum absolute atomic E-state index is 0.585. The standard InChI is InChI=1S/C14H21NO2/c1-2-3-4-8-11-15-13(14(16)17)12-9-6-5-7-10-12/h5-7,9-10,13,15H,2-4,8,11H2,1H3,(H,16,17). The first-order valence-electron chi connectivity index (χ1n) is 6.27. The molecule has 94 valence electrons. The van der Waals surface area contributed by atoms with E-state index in [1.807, 2.05) is 30.3 Å². The van der Waals surface area contributed by atoms with E-state index in [1.54, 1.807) is 0 Å². The Morgan fingerprint density at radius 2 is 1.94 bits per heavy atom. The Morgan fingerprint density at radius 3 is 2.53 bits per heavy atom. The van der Waals surface area contributed by atoms with Crippen LogP contribution in [0.4, 0.5) is 0 Å². The van der Waals surface area contributed by atoms with Gasteiger partial charge in [0.15, 0.2) is 0 Å². The van der Waals surface area contributed by atoms with Crippen LogP contribution in [0.5, 0.6) is 0 Å². The van der Waals surface area contributed by atoms with Crippen molar-refractivity contribution in [2.24, 2.45) is 0 Å². The molecule has 1 aromatic carbocycles. The van der Waals surface area contributed by atoms with Gasteiger partial charge in [-0.05, 0) is 18.5 Å². The first kappa shape index (κ1) is 13.7. The largest absolute Gasteiger partial charge is 0.480 e. The number of carboxylic acid groups (broad SMARTS) is 1. The molecule has 0 bridgehead atoms. The molecule has 3 heteroatoms. The topological polar surface area (TPSA) is 49.3 Å². The lowest BCUT2D eigenvalue weighted by Crippen LogP contribution is -2.29. The Labute approximate surface area is 103 Å². The molecular formula is C14H21NO2. The van der Waals surface area contributed by atoms with E-state index in [0.29, 0.717) is 0 Å². The van der Waals surface area contributed by atoms with Gasteiger partial charge in [-0.25, -0.2) is 0 Å². The van der Waals surface area contributed by atoms with Crippen molar-refractivity contribution in [1.82, 2.24) is 5.32 Å². The zero-order chi connectivity index (χ0) is 12.5. The molecule has 0 saturated heterocycles. The monoisotopic (exact) mass is 235 g/mol. The Kier molecular flexibility index (Phi) is 6.33. The summed E-state index contributed by atoms with van der Waals surface area (Å²) in [5.41, 5.74) is 0.815. The van der Waals surface area contributed by atoms with Gasteiger partial charge in [0.1, 0.15) is 6.04 Å². The fraction of sp³-hybridized carbons (Fsp3) is 0.500. The second-order valence-electron chi connectivity index (χ2n) is 4.20. The summed E-state index contributed by atoms with van der Waals surface area (Å²) in [7, 11) is 0. The fourth-order valence-electron chi connectivity index (χ4n) is 1.79. The van der Waals surface area contributed by atoms with E-state index in [1.165, 1.54) is 12.8 Å². The maximum absolute atomic E-state index is 11.2. The zero-order valence-electron chi connectivity index (χ0n) is 10.4. The molecule has 0 heterocycles. The molecule has 0 fully saturated rings. The van der Waals surface area contributed by atoms with Crippen molar-refractivity contribution < 1.29 is 9.90 Å². The van der Waals surface area contributed by atoms with E-state index in [-0.39, 0.29) is 0 Å². The number of nitrogens with one attached hydrogen (secondary N) is 1. The van der Waals surface area contributed by atoms with Gasteiger partial charge in [0, 0.05) is 0 Å². The van der Waals surface area contributed by atoms with E-state index in [2.05, 4.69) is 12.2 Å². The molecule has 0 aliphatic rings. The van der Waals surface area contributed by atoms with Gasteiger partial charge in [-0.1, -0.05) is 56.5 Å². The van der Waals surface area contributed by atoms with Crippen molar-refractivity contribution in [3.63, 3.8) is 0 Å². The number of benzene rings is 1. The van der Waals surface area contributed by atoms with Gasteiger partial charge in [0.2, 0.25) is 0 Å². The highest BCUT2D eigenvalue weighted by molar-refractivity contribution is 5.75. The van der Waals surface area contributed by atoms with Gasteiger partial charge in [-0.15, -0.1) is 0 Å². The van der Waals surface area contributed by atoms with E-state index in [9.17, 15) is 4.79 Å². The third-order valence-electron chi connectivity index (χ3n) is 2.76. The molecule has 0 aromatic heterocycles. The van der Waals surface area contributed by atoms with Crippen LogP contribution in [0.3, 0.4) is 0 Å². The Hall–Kier alpha value is -1.35. The number of aliphatic carboxylic acids is 1. The van der Waals surface area contributed by atoms with Crippen LogP contribution in [0.15, 0.2) is 30.3 Å². The molecule has 1 rings (SSSR count). The Balaban J connectivity index is 2.42. The van der Waals surface area contributed by atoms with Gasteiger partial charge in [0.25, 0.3) is 0 Å². The highest BCUT2D eigenvalue weighted by Crippen LogP contribution is 2.12. The molecule has 0 aliphatic heterocycles. The van der Waals surface area contributed by atoms with Crippen molar-refractivity contribution in [1.29, 1.82) is 0 Å². The van der Waals surface area contributed by atoms with Gasteiger partial charge >= 0.3 is 5.97 Å². The summed E-state index contributed by atoms with van der Waals surface area (Å²) in [4.78, 5) is 11.2. The summed E-state index contributed by atoms with van der Waals surface area (Å²) in [5.74, 6) is -0.813.